The van der Waals surface area contributed by atoms with E-state index in [1.807, 2.05) is 0 Å². The predicted octanol–water partition coefficient (Wildman–Crippen LogP) is 4.87. The molecule has 1 heteroatoms. The molecule has 0 saturated carbocycles. The highest BCUT2D eigenvalue weighted by Crippen LogP contribution is 2.18. The van der Waals surface area contributed by atoms with Crippen molar-refractivity contribution in [3.8, 4) is 11.5 Å². The van der Waals surface area contributed by atoms with Gasteiger partial charge in [-0.2, -0.15) is 0 Å². The van der Waals surface area contributed by atoms with Crippen LogP contribution in [0.5, 0.6) is 0 Å². The molecule has 0 unspecified atom stereocenters. The van der Waals surface area contributed by atoms with Crippen molar-refractivity contribution < 1.29 is 0 Å². The van der Waals surface area contributed by atoms with Crippen molar-refractivity contribution in [2.45, 2.75) is 59.7 Å². The van der Waals surface area contributed by atoms with Gasteiger partial charge in [-0.05, 0) is 55.5 Å². The Morgan fingerprint density at radius 1 is 1.06 bits per heavy atom. The van der Waals surface area contributed by atoms with Crippen LogP contribution in [0.25, 0.3) is 0 Å². The highest BCUT2D eigenvalue weighted by Gasteiger charge is 2.08. The van der Waals surface area contributed by atoms with Gasteiger partial charge in [0.05, 0.1) is 0 Å². The number of rotatable bonds is 3. The third-order valence-corrected chi connectivity index (χ3v) is 3.93. The van der Waals surface area contributed by atoms with E-state index in [2.05, 4.69) is 64.0 Å². The highest BCUT2D eigenvalue weighted by atomic mass is 28.3. The average Bonchev–Trinajstić information content (AvgIpc) is 2.24. The minimum Gasteiger partial charge on any atom is -0.127 e. The fraction of sp³-hybridized carbons (Fsp3) is 0.529. The van der Waals surface area contributed by atoms with Crippen LogP contribution in [0.1, 0.15) is 42.0 Å². The Morgan fingerprint density at radius 3 is 2.06 bits per heavy atom. The molecule has 0 heterocycles. The van der Waals surface area contributed by atoms with Gasteiger partial charge in [-0.1, -0.05) is 38.9 Å². The average molecular weight is 258 g/mol. The van der Waals surface area contributed by atoms with Crippen LogP contribution in [-0.4, -0.2) is 8.07 Å². The molecule has 1 aromatic rings. The number of aryl methyl sites for hydroxylation is 2. The normalized spacial score (nSPS) is 11.0. The zero-order chi connectivity index (χ0) is 13.8. The van der Waals surface area contributed by atoms with Crippen LogP contribution in [0.4, 0.5) is 0 Å². The van der Waals surface area contributed by atoms with Gasteiger partial charge in [0.1, 0.15) is 8.07 Å². The predicted molar refractivity (Wildman–Crippen MR) is 84.8 cm³/mol. The standard InChI is InChI=1S/C17H26Si/c1-7-8-9-17-14(2)12-16(13-15(17)3)10-11-18(4,5)6/h12-13H,7-9H2,1-6H3. The molecule has 0 spiro atoms. The molecular weight excluding hydrogens is 232 g/mol. The van der Waals surface area contributed by atoms with E-state index in [9.17, 15) is 0 Å². The highest BCUT2D eigenvalue weighted by molar-refractivity contribution is 6.83. The van der Waals surface area contributed by atoms with Gasteiger partial charge >= 0.3 is 0 Å². The second-order valence-electron chi connectivity index (χ2n) is 6.19. The molecule has 0 aromatic heterocycles. The molecule has 0 radical (unpaired) electrons. The van der Waals surface area contributed by atoms with Crippen LogP contribution >= 0.6 is 0 Å². The number of hydrogen-bond donors (Lipinski definition) is 0. The molecule has 0 aliphatic rings. The van der Waals surface area contributed by atoms with E-state index in [-0.39, 0.29) is 0 Å². The lowest BCUT2D eigenvalue weighted by molar-refractivity contribution is 0.787. The number of benzene rings is 1. The van der Waals surface area contributed by atoms with Crippen molar-refractivity contribution in [3.05, 3.63) is 34.4 Å². The lowest BCUT2D eigenvalue weighted by atomic mass is 9.95. The lowest BCUT2D eigenvalue weighted by Crippen LogP contribution is -2.16. The topological polar surface area (TPSA) is 0 Å². The van der Waals surface area contributed by atoms with Gasteiger partial charge in [0.25, 0.3) is 0 Å². The Labute approximate surface area is 114 Å². The van der Waals surface area contributed by atoms with Gasteiger partial charge in [0.15, 0.2) is 0 Å². The van der Waals surface area contributed by atoms with Crippen LogP contribution in [-0.2, 0) is 6.42 Å². The molecular formula is C17H26Si. The summed E-state index contributed by atoms with van der Waals surface area (Å²) >= 11 is 0. The zero-order valence-electron chi connectivity index (χ0n) is 12.8. The Kier molecular flexibility index (Phi) is 5.23. The molecule has 0 N–H and O–H groups in total. The van der Waals surface area contributed by atoms with E-state index < -0.39 is 8.07 Å². The van der Waals surface area contributed by atoms with Gasteiger partial charge in [-0.25, -0.2) is 0 Å². The maximum Gasteiger partial charge on any atom is 0.129 e. The van der Waals surface area contributed by atoms with Gasteiger partial charge in [-0.15, -0.1) is 5.54 Å². The Morgan fingerprint density at radius 2 is 1.61 bits per heavy atom. The molecule has 0 nitrogen and oxygen atoms in total. The molecule has 98 valence electrons. The van der Waals surface area contributed by atoms with Gasteiger partial charge in [-0.3, -0.25) is 0 Å². The van der Waals surface area contributed by atoms with Crippen LogP contribution in [0, 0.1) is 25.3 Å². The second-order valence-corrected chi connectivity index (χ2v) is 10.9. The molecule has 1 aromatic carbocycles. The van der Waals surface area contributed by atoms with E-state index in [1.165, 1.54) is 41.5 Å². The first-order valence-corrected chi connectivity index (χ1v) is 10.5. The fourth-order valence-corrected chi connectivity index (χ4v) is 2.59. The molecule has 0 atom stereocenters. The van der Waals surface area contributed by atoms with Crippen molar-refractivity contribution in [2.24, 2.45) is 0 Å². The number of hydrogen-bond acceptors (Lipinski definition) is 0. The van der Waals surface area contributed by atoms with Crippen molar-refractivity contribution >= 4 is 8.07 Å². The van der Waals surface area contributed by atoms with Crippen molar-refractivity contribution in [1.82, 2.24) is 0 Å². The SMILES string of the molecule is CCCCc1c(C)cc(C#C[Si](C)(C)C)cc1C. The monoisotopic (exact) mass is 258 g/mol. The molecule has 0 fully saturated rings. The summed E-state index contributed by atoms with van der Waals surface area (Å²) in [4.78, 5) is 0. The van der Waals surface area contributed by atoms with E-state index in [0.717, 1.165) is 0 Å². The van der Waals surface area contributed by atoms with E-state index >= 15 is 0 Å². The first kappa shape index (κ1) is 15.1. The smallest absolute Gasteiger partial charge is 0.127 e. The summed E-state index contributed by atoms with van der Waals surface area (Å²) in [5, 5.41) is 0. The van der Waals surface area contributed by atoms with E-state index in [0.29, 0.717) is 0 Å². The van der Waals surface area contributed by atoms with Crippen LogP contribution < -0.4 is 0 Å². The quantitative estimate of drug-likeness (QED) is 0.536. The summed E-state index contributed by atoms with van der Waals surface area (Å²) in [6, 6.07) is 4.51. The van der Waals surface area contributed by atoms with Gasteiger partial charge in [0, 0.05) is 5.56 Å². The minimum atomic E-state index is -1.27. The Balaban J connectivity index is 3.02. The summed E-state index contributed by atoms with van der Waals surface area (Å²) < 4.78 is 0. The first-order valence-electron chi connectivity index (χ1n) is 6.97. The van der Waals surface area contributed by atoms with E-state index in [4.69, 9.17) is 0 Å². The fourth-order valence-electron chi connectivity index (χ4n) is 2.07. The summed E-state index contributed by atoms with van der Waals surface area (Å²) in [5.74, 6) is 3.36. The molecule has 0 bridgehead atoms. The van der Waals surface area contributed by atoms with Crippen LogP contribution in [0.2, 0.25) is 19.6 Å². The first-order chi connectivity index (χ1) is 8.33. The lowest BCUT2D eigenvalue weighted by Gasteiger charge is -2.10. The van der Waals surface area contributed by atoms with Crippen LogP contribution in [0.3, 0.4) is 0 Å². The maximum atomic E-state index is 3.44. The largest absolute Gasteiger partial charge is 0.129 e. The molecule has 0 aliphatic carbocycles. The maximum absolute atomic E-state index is 3.44. The number of unbranched alkanes of at least 4 members (excludes halogenated alkanes) is 1. The van der Waals surface area contributed by atoms with Gasteiger partial charge in [0.2, 0.25) is 0 Å². The van der Waals surface area contributed by atoms with Gasteiger partial charge < -0.3 is 0 Å². The van der Waals surface area contributed by atoms with Crippen molar-refractivity contribution in [3.63, 3.8) is 0 Å². The summed E-state index contributed by atoms with van der Waals surface area (Å²) in [5.41, 5.74) is 8.97. The van der Waals surface area contributed by atoms with Crippen LogP contribution in [0.15, 0.2) is 12.1 Å². The third-order valence-electron chi connectivity index (χ3n) is 3.06. The van der Waals surface area contributed by atoms with Crippen molar-refractivity contribution in [1.29, 1.82) is 0 Å². The second kappa shape index (κ2) is 6.25. The molecule has 0 aliphatic heterocycles. The van der Waals surface area contributed by atoms with Crippen molar-refractivity contribution in [2.75, 3.05) is 0 Å². The molecule has 0 amide bonds. The zero-order valence-corrected chi connectivity index (χ0v) is 13.8. The summed E-state index contributed by atoms with van der Waals surface area (Å²) in [6.45, 7) is 13.5. The molecule has 18 heavy (non-hydrogen) atoms. The molecule has 1 rings (SSSR count). The third kappa shape index (κ3) is 4.70. The summed E-state index contributed by atoms with van der Waals surface area (Å²) in [6.07, 6.45) is 3.74. The summed E-state index contributed by atoms with van der Waals surface area (Å²) in [7, 11) is -1.27. The minimum absolute atomic E-state index is 1.19. The Hall–Kier alpha value is -1.00. The Bertz CT molecular complexity index is 444. The molecule has 0 saturated heterocycles. The van der Waals surface area contributed by atoms with E-state index in [1.54, 1.807) is 0 Å².